The maximum atomic E-state index is 5.66. The minimum absolute atomic E-state index is 0.0570. The Morgan fingerprint density at radius 3 is 2.57 bits per heavy atom. The molecular weight excluding hydrogens is 240 g/mol. The van der Waals surface area contributed by atoms with Crippen molar-refractivity contribution >= 4 is 21.6 Å². The van der Waals surface area contributed by atoms with E-state index in [-0.39, 0.29) is 5.54 Å². The van der Waals surface area contributed by atoms with Crippen molar-refractivity contribution in [2.24, 2.45) is 5.73 Å². The second-order valence-corrected chi connectivity index (χ2v) is 5.09. The highest BCUT2D eigenvalue weighted by atomic mass is 79.9. The highest BCUT2D eigenvalue weighted by Crippen LogP contribution is 2.22. The van der Waals surface area contributed by atoms with E-state index in [9.17, 15) is 0 Å². The predicted molar refractivity (Wildman–Crippen MR) is 65.6 cm³/mol. The van der Waals surface area contributed by atoms with Crippen molar-refractivity contribution in [1.29, 1.82) is 0 Å². The Bertz CT molecular complexity index is 321. The molecule has 0 heterocycles. The van der Waals surface area contributed by atoms with Gasteiger partial charge >= 0.3 is 0 Å². The van der Waals surface area contributed by atoms with E-state index >= 15 is 0 Å². The lowest BCUT2D eigenvalue weighted by Gasteiger charge is -2.26. The summed E-state index contributed by atoms with van der Waals surface area (Å²) in [6.07, 6.45) is 0. The molecule has 0 aromatic heterocycles. The van der Waals surface area contributed by atoms with Gasteiger partial charge in [0.05, 0.1) is 0 Å². The number of rotatable bonds is 3. The summed E-state index contributed by atoms with van der Waals surface area (Å²) < 4.78 is 1.10. The molecule has 0 atom stereocenters. The minimum atomic E-state index is -0.0570. The maximum absolute atomic E-state index is 5.66. The lowest BCUT2D eigenvalue weighted by molar-refractivity contribution is 0.579. The van der Waals surface area contributed by atoms with Crippen LogP contribution in [0.25, 0.3) is 0 Å². The molecule has 0 aliphatic carbocycles. The molecule has 3 heteroatoms. The van der Waals surface area contributed by atoms with Gasteiger partial charge < -0.3 is 11.1 Å². The molecule has 1 rings (SSSR count). The van der Waals surface area contributed by atoms with Gasteiger partial charge in [-0.05, 0) is 44.5 Å². The van der Waals surface area contributed by atoms with E-state index in [1.165, 1.54) is 5.56 Å². The Kier molecular flexibility index (Phi) is 3.56. The smallest absolute Gasteiger partial charge is 0.0439 e. The van der Waals surface area contributed by atoms with Gasteiger partial charge in [0.15, 0.2) is 0 Å². The van der Waals surface area contributed by atoms with Crippen LogP contribution >= 0.6 is 15.9 Å². The molecule has 2 nitrogen and oxygen atoms in total. The second-order valence-electron chi connectivity index (χ2n) is 4.17. The number of benzene rings is 1. The fourth-order valence-electron chi connectivity index (χ4n) is 1.18. The Morgan fingerprint density at radius 1 is 1.43 bits per heavy atom. The molecule has 3 N–H and O–H groups in total. The van der Waals surface area contributed by atoms with Gasteiger partial charge in [-0.1, -0.05) is 15.9 Å². The molecule has 0 saturated heterocycles. The monoisotopic (exact) mass is 256 g/mol. The van der Waals surface area contributed by atoms with E-state index < -0.39 is 0 Å². The van der Waals surface area contributed by atoms with Crippen molar-refractivity contribution < 1.29 is 0 Å². The summed E-state index contributed by atoms with van der Waals surface area (Å²) in [6, 6.07) is 6.19. The van der Waals surface area contributed by atoms with Crippen molar-refractivity contribution in [3.63, 3.8) is 0 Å². The van der Waals surface area contributed by atoms with Crippen LogP contribution in [-0.2, 0) is 0 Å². The van der Waals surface area contributed by atoms with Crippen LogP contribution in [0.1, 0.15) is 19.4 Å². The largest absolute Gasteiger partial charge is 0.379 e. The van der Waals surface area contributed by atoms with E-state index in [1.807, 2.05) is 6.07 Å². The van der Waals surface area contributed by atoms with Crippen LogP contribution in [0.15, 0.2) is 22.7 Å². The first kappa shape index (κ1) is 11.5. The summed E-state index contributed by atoms with van der Waals surface area (Å²) in [4.78, 5) is 0. The quantitative estimate of drug-likeness (QED) is 0.873. The molecule has 0 aliphatic rings. The molecule has 0 bridgehead atoms. The summed E-state index contributed by atoms with van der Waals surface area (Å²) >= 11 is 3.44. The molecule has 0 spiro atoms. The van der Waals surface area contributed by atoms with Gasteiger partial charge in [0.2, 0.25) is 0 Å². The number of anilines is 1. The average molecular weight is 257 g/mol. The van der Waals surface area contributed by atoms with Crippen molar-refractivity contribution in [3.05, 3.63) is 28.2 Å². The zero-order valence-corrected chi connectivity index (χ0v) is 10.5. The van der Waals surface area contributed by atoms with Crippen LogP contribution in [0.2, 0.25) is 0 Å². The van der Waals surface area contributed by atoms with Crippen molar-refractivity contribution in [1.82, 2.24) is 0 Å². The standard InChI is InChI=1S/C11H17BrN2/c1-8-6-9(12)4-5-10(8)14-11(2,3)7-13/h4-6,14H,7,13H2,1-3H3. The Balaban J connectivity index is 2.87. The van der Waals surface area contributed by atoms with Crippen LogP contribution in [-0.4, -0.2) is 12.1 Å². The molecule has 0 fully saturated rings. The van der Waals surface area contributed by atoms with Crippen molar-refractivity contribution in [2.45, 2.75) is 26.3 Å². The SMILES string of the molecule is Cc1cc(Br)ccc1NC(C)(C)CN. The van der Waals surface area contributed by atoms with Crippen LogP contribution in [0, 0.1) is 6.92 Å². The third kappa shape index (κ3) is 3.00. The topological polar surface area (TPSA) is 38.0 Å². The molecular formula is C11H17BrN2. The summed E-state index contributed by atoms with van der Waals surface area (Å²) in [5.74, 6) is 0. The minimum Gasteiger partial charge on any atom is -0.379 e. The van der Waals surface area contributed by atoms with Crippen LogP contribution in [0.3, 0.4) is 0 Å². The average Bonchev–Trinajstić information content (AvgIpc) is 2.10. The first-order chi connectivity index (χ1) is 6.44. The van der Waals surface area contributed by atoms with Crippen LogP contribution < -0.4 is 11.1 Å². The number of nitrogens with one attached hydrogen (secondary N) is 1. The molecule has 14 heavy (non-hydrogen) atoms. The molecule has 1 aromatic rings. The van der Waals surface area contributed by atoms with Gasteiger partial charge in [-0.15, -0.1) is 0 Å². The summed E-state index contributed by atoms with van der Waals surface area (Å²) in [6.45, 7) is 6.88. The normalized spacial score (nSPS) is 11.5. The Labute approximate surface area is 94.0 Å². The number of aryl methyl sites for hydroxylation is 1. The lowest BCUT2D eigenvalue weighted by Crippen LogP contribution is -2.39. The number of nitrogens with two attached hydrogens (primary N) is 1. The van der Waals surface area contributed by atoms with Gasteiger partial charge in [0, 0.05) is 22.2 Å². The van der Waals surface area contributed by atoms with Crippen LogP contribution in [0.5, 0.6) is 0 Å². The Hall–Kier alpha value is -0.540. The van der Waals surface area contributed by atoms with Crippen molar-refractivity contribution in [2.75, 3.05) is 11.9 Å². The zero-order chi connectivity index (χ0) is 10.8. The maximum Gasteiger partial charge on any atom is 0.0439 e. The molecule has 0 unspecified atom stereocenters. The molecule has 1 aromatic carbocycles. The zero-order valence-electron chi connectivity index (χ0n) is 8.89. The molecule has 78 valence electrons. The molecule has 0 saturated carbocycles. The predicted octanol–water partition coefficient (Wildman–Crippen LogP) is 2.91. The third-order valence-corrected chi connectivity index (χ3v) is 2.67. The molecule has 0 amide bonds. The number of hydrogen-bond acceptors (Lipinski definition) is 2. The fourth-order valence-corrected chi connectivity index (χ4v) is 1.66. The van der Waals surface area contributed by atoms with E-state index in [2.05, 4.69) is 54.2 Å². The van der Waals surface area contributed by atoms with Gasteiger partial charge in [-0.3, -0.25) is 0 Å². The first-order valence-corrected chi connectivity index (χ1v) is 5.48. The van der Waals surface area contributed by atoms with Crippen LogP contribution in [0.4, 0.5) is 5.69 Å². The van der Waals surface area contributed by atoms with Crippen molar-refractivity contribution in [3.8, 4) is 0 Å². The summed E-state index contributed by atoms with van der Waals surface area (Å²) in [7, 11) is 0. The van der Waals surface area contributed by atoms with Gasteiger partial charge in [0.25, 0.3) is 0 Å². The second kappa shape index (κ2) is 4.32. The van der Waals surface area contributed by atoms with Gasteiger partial charge in [0.1, 0.15) is 0 Å². The first-order valence-electron chi connectivity index (χ1n) is 4.69. The van der Waals surface area contributed by atoms with E-state index in [1.54, 1.807) is 0 Å². The summed E-state index contributed by atoms with van der Waals surface area (Å²) in [5.41, 5.74) is 7.97. The fraction of sp³-hybridized carbons (Fsp3) is 0.455. The molecule has 0 aliphatic heterocycles. The molecule has 0 radical (unpaired) electrons. The van der Waals surface area contributed by atoms with E-state index in [0.29, 0.717) is 6.54 Å². The number of halogens is 1. The summed E-state index contributed by atoms with van der Waals surface area (Å²) in [5, 5.41) is 3.42. The lowest BCUT2D eigenvalue weighted by atomic mass is 10.0. The third-order valence-electron chi connectivity index (χ3n) is 2.17. The van der Waals surface area contributed by atoms with E-state index in [0.717, 1.165) is 10.2 Å². The van der Waals surface area contributed by atoms with Gasteiger partial charge in [-0.25, -0.2) is 0 Å². The van der Waals surface area contributed by atoms with Gasteiger partial charge in [-0.2, -0.15) is 0 Å². The highest BCUT2D eigenvalue weighted by molar-refractivity contribution is 9.10. The number of hydrogen-bond donors (Lipinski definition) is 2. The Morgan fingerprint density at radius 2 is 2.07 bits per heavy atom. The van der Waals surface area contributed by atoms with E-state index in [4.69, 9.17) is 5.73 Å². The highest BCUT2D eigenvalue weighted by Gasteiger charge is 2.15.